The third-order valence-electron chi connectivity index (χ3n) is 1.40. The second kappa shape index (κ2) is 7.16. The summed E-state index contributed by atoms with van der Waals surface area (Å²) in [6.07, 6.45) is 1.45. The molecule has 0 saturated carbocycles. The molecular formula is C10H13NO2. The maximum Gasteiger partial charge on any atom is 0.124 e. The molecule has 0 saturated heterocycles. The van der Waals surface area contributed by atoms with Crippen molar-refractivity contribution in [3.63, 3.8) is 0 Å². The lowest BCUT2D eigenvalue weighted by Gasteiger charge is -1.94. The van der Waals surface area contributed by atoms with E-state index < -0.39 is 0 Å². The van der Waals surface area contributed by atoms with Crippen LogP contribution in [0.5, 0.6) is 0 Å². The highest BCUT2D eigenvalue weighted by Crippen LogP contribution is 2.02. The lowest BCUT2D eigenvalue weighted by atomic mass is 10.1. The molecule has 13 heavy (non-hydrogen) atoms. The monoisotopic (exact) mass is 179 g/mol. The van der Waals surface area contributed by atoms with Crippen LogP contribution in [0, 0.1) is 11.8 Å². The first-order chi connectivity index (χ1) is 6.24. The van der Waals surface area contributed by atoms with Crippen molar-refractivity contribution in [1.82, 2.24) is 0 Å². The topological polar surface area (TPSA) is 46.5 Å². The van der Waals surface area contributed by atoms with Gasteiger partial charge >= 0.3 is 0 Å². The molecule has 3 heteroatoms. The number of aryl methyl sites for hydroxylation is 1. The zero-order chi connectivity index (χ0) is 10.1. The van der Waals surface area contributed by atoms with Crippen LogP contribution in [0.1, 0.15) is 11.1 Å². The summed E-state index contributed by atoms with van der Waals surface area (Å²) in [5, 5.41) is 2.25. The molecular weight excluding hydrogens is 166 g/mol. The van der Waals surface area contributed by atoms with Crippen LogP contribution in [0.4, 0.5) is 0 Å². The zero-order valence-electron chi connectivity index (χ0n) is 7.86. The van der Waals surface area contributed by atoms with Gasteiger partial charge in [-0.1, -0.05) is 35.0 Å². The number of rotatable bonds is 2. The quantitative estimate of drug-likeness (QED) is 0.515. The Morgan fingerprint density at radius 3 is 2.54 bits per heavy atom. The molecule has 0 bridgehead atoms. The predicted octanol–water partition coefficient (Wildman–Crippen LogP) is 2.12. The molecule has 0 atom stereocenters. The number of hydrogen-bond donors (Lipinski definition) is 0. The minimum Gasteiger partial charge on any atom is -0.303 e. The molecule has 1 rings (SSSR count). The molecule has 0 aromatic heterocycles. The minimum atomic E-state index is 0.529. The molecule has 0 unspecified atom stereocenters. The number of benzene rings is 1. The fourth-order valence-electron chi connectivity index (χ4n) is 0.935. The van der Waals surface area contributed by atoms with Crippen molar-refractivity contribution in [3.05, 3.63) is 40.3 Å². The van der Waals surface area contributed by atoms with E-state index in [0.717, 1.165) is 11.8 Å². The van der Waals surface area contributed by atoms with Crippen LogP contribution < -0.4 is 0 Å². The van der Waals surface area contributed by atoms with Gasteiger partial charge in [0.1, 0.15) is 6.29 Å². The van der Waals surface area contributed by atoms with Crippen LogP contribution in [0.15, 0.2) is 29.4 Å². The molecule has 0 spiro atoms. The SMILES string of the molecule is CN=O.Cc1cccc(CC=O)c1. The van der Waals surface area contributed by atoms with Crippen molar-refractivity contribution in [2.75, 3.05) is 7.05 Å². The van der Waals surface area contributed by atoms with Gasteiger partial charge in [0, 0.05) is 6.42 Å². The van der Waals surface area contributed by atoms with Gasteiger partial charge in [-0.2, -0.15) is 4.91 Å². The first-order valence-corrected chi connectivity index (χ1v) is 3.95. The average Bonchev–Trinajstić information content (AvgIpc) is 2.06. The second-order valence-corrected chi connectivity index (χ2v) is 2.54. The van der Waals surface area contributed by atoms with Crippen LogP contribution in [-0.2, 0) is 11.2 Å². The van der Waals surface area contributed by atoms with Gasteiger partial charge < -0.3 is 4.79 Å². The number of nitrogens with zero attached hydrogens (tertiary/aromatic N) is 1. The number of nitroso groups, excluding NO2 is 1. The second-order valence-electron chi connectivity index (χ2n) is 2.54. The minimum absolute atomic E-state index is 0.529. The smallest absolute Gasteiger partial charge is 0.124 e. The molecule has 70 valence electrons. The van der Waals surface area contributed by atoms with Gasteiger partial charge in [0.05, 0.1) is 7.05 Å². The van der Waals surface area contributed by atoms with E-state index in [9.17, 15) is 4.79 Å². The summed E-state index contributed by atoms with van der Waals surface area (Å²) in [4.78, 5) is 18.6. The molecule has 1 aromatic carbocycles. The number of carbonyl (C=O) groups excluding carboxylic acids is 1. The summed E-state index contributed by atoms with van der Waals surface area (Å²) >= 11 is 0. The fraction of sp³-hybridized carbons (Fsp3) is 0.300. The van der Waals surface area contributed by atoms with Gasteiger partial charge in [-0.05, 0) is 12.5 Å². The van der Waals surface area contributed by atoms with Gasteiger partial charge in [-0.3, -0.25) is 0 Å². The van der Waals surface area contributed by atoms with Crippen LogP contribution in [0.2, 0.25) is 0 Å². The largest absolute Gasteiger partial charge is 0.303 e. The van der Waals surface area contributed by atoms with Crippen molar-refractivity contribution in [1.29, 1.82) is 0 Å². The van der Waals surface area contributed by atoms with Crippen molar-refractivity contribution < 1.29 is 4.79 Å². The Labute approximate surface area is 77.8 Å². The van der Waals surface area contributed by atoms with E-state index >= 15 is 0 Å². The number of aldehydes is 1. The number of carbonyl (C=O) groups is 1. The molecule has 0 aliphatic heterocycles. The molecule has 0 radical (unpaired) electrons. The standard InChI is InChI=1S/C9H10O.CH3NO/c1-8-3-2-4-9(7-8)5-6-10;1-2-3/h2-4,6-7H,5H2,1H3;1H3. The Morgan fingerprint density at radius 2 is 2.08 bits per heavy atom. The van der Waals surface area contributed by atoms with E-state index in [1.54, 1.807) is 0 Å². The molecule has 1 aromatic rings. The fourth-order valence-corrected chi connectivity index (χ4v) is 0.935. The Morgan fingerprint density at radius 1 is 1.46 bits per heavy atom. The summed E-state index contributed by atoms with van der Waals surface area (Å²) in [6.45, 7) is 2.02. The first kappa shape index (κ1) is 11.5. The highest BCUT2D eigenvalue weighted by molar-refractivity contribution is 5.54. The molecule has 0 N–H and O–H groups in total. The first-order valence-electron chi connectivity index (χ1n) is 3.95. The Kier molecular flexibility index (Phi) is 6.32. The van der Waals surface area contributed by atoms with Gasteiger partial charge in [0.15, 0.2) is 0 Å². The van der Waals surface area contributed by atoms with E-state index in [2.05, 4.69) is 5.18 Å². The van der Waals surface area contributed by atoms with Gasteiger partial charge in [0.2, 0.25) is 0 Å². The molecule has 0 fully saturated rings. The molecule has 3 nitrogen and oxygen atoms in total. The zero-order valence-corrected chi connectivity index (χ0v) is 7.86. The molecule has 0 amide bonds. The van der Waals surface area contributed by atoms with Crippen LogP contribution in [0.25, 0.3) is 0 Å². The van der Waals surface area contributed by atoms with Crippen molar-refractivity contribution in [3.8, 4) is 0 Å². The summed E-state index contributed by atoms with van der Waals surface area (Å²) in [6, 6.07) is 7.97. The van der Waals surface area contributed by atoms with E-state index in [4.69, 9.17) is 4.91 Å². The third kappa shape index (κ3) is 5.73. The van der Waals surface area contributed by atoms with E-state index in [1.807, 2.05) is 31.2 Å². The maximum atomic E-state index is 10.1. The molecule has 0 heterocycles. The Hall–Kier alpha value is -1.51. The Bertz CT molecular complexity index is 271. The third-order valence-corrected chi connectivity index (χ3v) is 1.40. The van der Waals surface area contributed by atoms with Gasteiger partial charge in [-0.15, -0.1) is 0 Å². The Balaban J connectivity index is 0.000000424. The van der Waals surface area contributed by atoms with E-state index in [-0.39, 0.29) is 0 Å². The molecule has 0 aliphatic rings. The lowest BCUT2D eigenvalue weighted by Crippen LogP contribution is -1.84. The molecule has 0 aliphatic carbocycles. The van der Waals surface area contributed by atoms with Crippen LogP contribution in [0.3, 0.4) is 0 Å². The van der Waals surface area contributed by atoms with Crippen molar-refractivity contribution >= 4 is 6.29 Å². The van der Waals surface area contributed by atoms with Crippen molar-refractivity contribution in [2.24, 2.45) is 5.18 Å². The van der Waals surface area contributed by atoms with Gasteiger partial charge in [0.25, 0.3) is 0 Å². The number of hydrogen-bond acceptors (Lipinski definition) is 3. The normalized spacial score (nSPS) is 8.15. The lowest BCUT2D eigenvalue weighted by molar-refractivity contribution is -0.107. The highest BCUT2D eigenvalue weighted by Gasteiger charge is 1.89. The summed E-state index contributed by atoms with van der Waals surface area (Å²) in [5.41, 5.74) is 2.30. The van der Waals surface area contributed by atoms with Crippen LogP contribution in [-0.4, -0.2) is 13.3 Å². The summed E-state index contributed by atoms with van der Waals surface area (Å²) in [5.74, 6) is 0. The van der Waals surface area contributed by atoms with Crippen LogP contribution >= 0.6 is 0 Å². The summed E-state index contributed by atoms with van der Waals surface area (Å²) in [7, 11) is 1.19. The van der Waals surface area contributed by atoms with E-state index in [0.29, 0.717) is 6.42 Å². The van der Waals surface area contributed by atoms with Crippen molar-refractivity contribution in [2.45, 2.75) is 13.3 Å². The van der Waals surface area contributed by atoms with Gasteiger partial charge in [-0.25, -0.2) is 0 Å². The summed E-state index contributed by atoms with van der Waals surface area (Å²) < 4.78 is 0. The predicted molar refractivity (Wildman–Crippen MR) is 52.7 cm³/mol. The maximum absolute atomic E-state index is 10.1. The van der Waals surface area contributed by atoms with E-state index in [1.165, 1.54) is 12.6 Å². The highest BCUT2D eigenvalue weighted by atomic mass is 16.2. The average molecular weight is 179 g/mol.